The SMILES string of the molecule is CC(=O)OC[C@H]1O[C@@H](OC2c3ccccc3-c3ccccc32)[C@H](OC(C)=O)[C@@H](OC(C)=O)[C@@H]1OC(C)=O. The molecule has 0 unspecified atom stereocenters. The summed E-state index contributed by atoms with van der Waals surface area (Å²) in [6.07, 6.45) is -6.79. The summed E-state index contributed by atoms with van der Waals surface area (Å²) >= 11 is 0. The van der Waals surface area contributed by atoms with Gasteiger partial charge in [-0.2, -0.15) is 0 Å². The minimum Gasteiger partial charge on any atom is -0.463 e. The Morgan fingerprint density at radius 1 is 0.676 bits per heavy atom. The van der Waals surface area contributed by atoms with Crippen molar-refractivity contribution < 1.29 is 47.6 Å². The number of carbonyl (C=O) groups is 4. The molecule has 0 bridgehead atoms. The molecule has 5 atom stereocenters. The second-order valence-corrected chi connectivity index (χ2v) is 8.76. The maximum atomic E-state index is 12.1. The molecule has 0 saturated carbocycles. The largest absolute Gasteiger partial charge is 0.463 e. The Hall–Kier alpha value is -3.76. The molecule has 2 aliphatic rings. The van der Waals surface area contributed by atoms with E-state index in [1.165, 1.54) is 27.7 Å². The van der Waals surface area contributed by atoms with Crippen molar-refractivity contribution >= 4 is 23.9 Å². The molecule has 1 saturated heterocycles. The van der Waals surface area contributed by atoms with Crippen LogP contribution in [0.1, 0.15) is 44.9 Å². The Morgan fingerprint density at radius 3 is 1.68 bits per heavy atom. The molecule has 4 rings (SSSR count). The van der Waals surface area contributed by atoms with Crippen LogP contribution in [0.25, 0.3) is 11.1 Å². The first kappa shape index (κ1) is 26.3. The van der Waals surface area contributed by atoms with Gasteiger partial charge >= 0.3 is 23.9 Å². The van der Waals surface area contributed by atoms with Crippen LogP contribution >= 0.6 is 0 Å². The third kappa shape index (κ3) is 5.81. The standard InChI is InChI=1S/C27H28O10/c1-14(28)32-13-22-24(33-15(2)29)25(34-16(3)30)26(35-17(4)31)27(36-22)37-23-20-11-7-5-9-18(20)19-10-6-8-12-21(19)23/h5-12,22-27H,13H2,1-4H3/t22-,24-,25+,26-,27+/m1/s1. The van der Waals surface area contributed by atoms with E-state index in [-0.39, 0.29) is 6.61 Å². The highest BCUT2D eigenvalue weighted by Gasteiger charge is 2.53. The van der Waals surface area contributed by atoms with Crippen LogP contribution in [0.15, 0.2) is 48.5 Å². The van der Waals surface area contributed by atoms with Crippen LogP contribution in [-0.2, 0) is 47.6 Å². The second kappa shape index (κ2) is 11.1. The summed E-state index contributed by atoms with van der Waals surface area (Å²) in [5.74, 6) is -2.68. The molecular weight excluding hydrogens is 484 g/mol. The van der Waals surface area contributed by atoms with Crippen LogP contribution in [0.4, 0.5) is 0 Å². The van der Waals surface area contributed by atoms with E-state index in [0.717, 1.165) is 22.3 Å². The van der Waals surface area contributed by atoms with Crippen molar-refractivity contribution in [1.29, 1.82) is 0 Å². The van der Waals surface area contributed by atoms with E-state index in [1.807, 2.05) is 48.5 Å². The van der Waals surface area contributed by atoms with E-state index in [4.69, 9.17) is 28.4 Å². The van der Waals surface area contributed by atoms with Gasteiger partial charge in [0.05, 0.1) is 0 Å². The Labute approximate surface area is 213 Å². The molecule has 1 aliphatic heterocycles. The summed E-state index contributed by atoms with van der Waals surface area (Å²) < 4.78 is 34.1. The third-order valence-electron chi connectivity index (χ3n) is 6.00. The number of hydrogen-bond acceptors (Lipinski definition) is 10. The van der Waals surface area contributed by atoms with E-state index in [0.29, 0.717) is 0 Å². The summed E-state index contributed by atoms with van der Waals surface area (Å²) in [7, 11) is 0. The monoisotopic (exact) mass is 512 g/mol. The van der Waals surface area contributed by atoms with Gasteiger partial charge in [-0.1, -0.05) is 48.5 Å². The van der Waals surface area contributed by atoms with Gasteiger partial charge in [0.1, 0.15) is 18.8 Å². The molecule has 0 aromatic heterocycles. The van der Waals surface area contributed by atoms with Gasteiger partial charge in [0.15, 0.2) is 24.6 Å². The first-order valence-electron chi connectivity index (χ1n) is 11.8. The summed E-state index contributed by atoms with van der Waals surface area (Å²) in [4.78, 5) is 47.6. The first-order chi connectivity index (χ1) is 17.7. The highest BCUT2D eigenvalue weighted by atomic mass is 16.7. The Morgan fingerprint density at radius 2 is 1.16 bits per heavy atom. The van der Waals surface area contributed by atoms with Gasteiger partial charge in [-0.3, -0.25) is 19.2 Å². The van der Waals surface area contributed by atoms with Gasteiger partial charge < -0.3 is 28.4 Å². The third-order valence-corrected chi connectivity index (χ3v) is 6.00. The van der Waals surface area contributed by atoms with Crippen LogP contribution in [-0.4, -0.2) is 61.2 Å². The highest BCUT2D eigenvalue weighted by molar-refractivity contribution is 5.78. The molecule has 10 nitrogen and oxygen atoms in total. The zero-order valence-corrected chi connectivity index (χ0v) is 20.9. The van der Waals surface area contributed by atoms with Crippen molar-refractivity contribution in [2.45, 2.75) is 64.5 Å². The first-order valence-corrected chi connectivity index (χ1v) is 11.8. The average molecular weight is 513 g/mol. The molecule has 2 aromatic carbocycles. The average Bonchev–Trinajstić information content (AvgIpc) is 3.14. The molecule has 37 heavy (non-hydrogen) atoms. The topological polar surface area (TPSA) is 124 Å². The number of carbonyl (C=O) groups excluding carboxylic acids is 4. The van der Waals surface area contributed by atoms with Crippen molar-refractivity contribution in [3.05, 3.63) is 59.7 Å². The maximum Gasteiger partial charge on any atom is 0.303 e. The molecule has 1 aliphatic carbocycles. The van der Waals surface area contributed by atoms with E-state index < -0.39 is 60.7 Å². The molecule has 1 heterocycles. The van der Waals surface area contributed by atoms with Crippen molar-refractivity contribution in [2.24, 2.45) is 0 Å². The van der Waals surface area contributed by atoms with Crippen LogP contribution in [0, 0.1) is 0 Å². The summed E-state index contributed by atoms with van der Waals surface area (Å²) in [6.45, 7) is 4.42. The highest BCUT2D eigenvalue weighted by Crippen LogP contribution is 2.46. The number of fused-ring (bicyclic) bond motifs is 3. The van der Waals surface area contributed by atoms with Gasteiger partial charge in [0, 0.05) is 27.7 Å². The number of hydrogen-bond donors (Lipinski definition) is 0. The molecular formula is C27H28O10. The molecule has 196 valence electrons. The quantitative estimate of drug-likeness (QED) is 0.404. The summed E-state index contributed by atoms with van der Waals surface area (Å²) in [5.41, 5.74) is 3.70. The fourth-order valence-electron chi connectivity index (χ4n) is 4.69. The summed E-state index contributed by atoms with van der Waals surface area (Å²) in [6, 6.07) is 15.4. The molecule has 0 amide bonds. The van der Waals surface area contributed by atoms with Crippen molar-refractivity contribution in [3.63, 3.8) is 0 Å². The van der Waals surface area contributed by atoms with Gasteiger partial charge in [-0.25, -0.2) is 0 Å². The lowest BCUT2D eigenvalue weighted by molar-refractivity contribution is -0.314. The molecule has 0 N–H and O–H groups in total. The van der Waals surface area contributed by atoms with Crippen molar-refractivity contribution in [1.82, 2.24) is 0 Å². The van der Waals surface area contributed by atoms with Crippen molar-refractivity contribution in [2.75, 3.05) is 6.61 Å². The van der Waals surface area contributed by atoms with Crippen LogP contribution in [0.2, 0.25) is 0 Å². The van der Waals surface area contributed by atoms with Gasteiger partial charge in [0.2, 0.25) is 0 Å². The van der Waals surface area contributed by atoms with Crippen molar-refractivity contribution in [3.8, 4) is 11.1 Å². The Bertz CT molecular complexity index is 1150. The van der Waals surface area contributed by atoms with Crippen LogP contribution < -0.4 is 0 Å². The number of rotatable bonds is 7. The lowest BCUT2D eigenvalue weighted by Gasteiger charge is -2.44. The molecule has 0 spiro atoms. The predicted octanol–water partition coefficient (Wildman–Crippen LogP) is 2.86. The summed E-state index contributed by atoms with van der Waals surface area (Å²) in [5, 5.41) is 0. The fraction of sp³-hybridized carbons (Fsp3) is 0.407. The molecule has 0 radical (unpaired) electrons. The lowest BCUT2D eigenvalue weighted by Crippen LogP contribution is -2.63. The molecule has 1 fully saturated rings. The van der Waals surface area contributed by atoms with E-state index in [1.54, 1.807) is 0 Å². The van der Waals surface area contributed by atoms with E-state index in [2.05, 4.69) is 0 Å². The minimum atomic E-state index is -1.29. The van der Waals surface area contributed by atoms with Crippen LogP contribution in [0.3, 0.4) is 0 Å². The second-order valence-electron chi connectivity index (χ2n) is 8.76. The fourth-order valence-corrected chi connectivity index (χ4v) is 4.69. The number of ether oxygens (including phenoxy) is 6. The van der Waals surface area contributed by atoms with E-state index >= 15 is 0 Å². The smallest absolute Gasteiger partial charge is 0.303 e. The minimum absolute atomic E-state index is 0.324. The molecule has 10 heteroatoms. The zero-order chi connectivity index (χ0) is 26.7. The zero-order valence-electron chi connectivity index (χ0n) is 20.9. The lowest BCUT2D eigenvalue weighted by atomic mass is 9.97. The Kier molecular flexibility index (Phi) is 7.89. The van der Waals surface area contributed by atoms with Gasteiger partial charge in [-0.05, 0) is 22.3 Å². The van der Waals surface area contributed by atoms with Gasteiger partial charge in [-0.15, -0.1) is 0 Å². The van der Waals surface area contributed by atoms with E-state index in [9.17, 15) is 19.2 Å². The normalized spacial score (nSPS) is 24.4. The Balaban J connectivity index is 1.74. The van der Waals surface area contributed by atoms with Gasteiger partial charge in [0.25, 0.3) is 0 Å². The van der Waals surface area contributed by atoms with Crippen LogP contribution in [0.5, 0.6) is 0 Å². The maximum absolute atomic E-state index is 12.1. The number of benzene rings is 2. The predicted molar refractivity (Wildman–Crippen MR) is 127 cm³/mol. The number of esters is 4. The molecule has 2 aromatic rings.